The van der Waals surface area contributed by atoms with Gasteiger partial charge in [0, 0.05) is 17.5 Å². The SMILES string of the molecule is CCCNC(C)(CO)CSc1ccc(C(F)(F)F)cn1. The van der Waals surface area contributed by atoms with Crippen LogP contribution in [0.4, 0.5) is 13.2 Å². The molecule has 0 radical (unpaired) electrons. The van der Waals surface area contributed by atoms with Crippen molar-refractivity contribution in [1.29, 1.82) is 0 Å². The Balaban J connectivity index is 2.60. The van der Waals surface area contributed by atoms with Crippen LogP contribution in [0.2, 0.25) is 0 Å². The third kappa shape index (κ3) is 5.30. The van der Waals surface area contributed by atoms with Gasteiger partial charge >= 0.3 is 6.18 Å². The Kier molecular flexibility index (Phi) is 6.29. The van der Waals surface area contributed by atoms with Gasteiger partial charge in [-0.05, 0) is 32.0 Å². The van der Waals surface area contributed by atoms with Gasteiger partial charge in [-0.3, -0.25) is 0 Å². The van der Waals surface area contributed by atoms with E-state index in [-0.39, 0.29) is 6.61 Å². The zero-order valence-electron chi connectivity index (χ0n) is 11.5. The van der Waals surface area contributed by atoms with E-state index >= 15 is 0 Å². The molecule has 0 spiro atoms. The van der Waals surface area contributed by atoms with E-state index in [9.17, 15) is 18.3 Å². The molecule has 3 nitrogen and oxygen atoms in total. The molecule has 0 aliphatic heterocycles. The zero-order valence-corrected chi connectivity index (χ0v) is 12.3. The number of halogens is 3. The second-order valence-corrected chi connectivity index (χ2v) is 5.81. The van der Waals surface area contributed by atoms with Gasteiger partial charge in [0.15, 0.2) is 0 Å². The molecule has 1 unspecified atom stereocenters. The summed E-state index contributed by atoms with van der Waals surface area (Å²) in [6, 6.07) is 2.37. The monoisotopic (exact) mass is 308 g/mol. The molecule has 0 saturated heterocycles. The van der Waals surface area contributed by atoms with Crippen molar-refractivity contribution in [2.75, 3.05) is 18.9 Å². The molecule has 0 amide bonds. The molecule has 1 rings (SSSR count). The first-order valence-corrected chi connectivity index (χ1v) is 7.31. The molecule has 0 aromatic carbocycles. The van der Waals surface area contributed by atoms with Crippen LogP contribution in [0.3, 0.4) is 0 Å². The summed E-state index contributed by atoms with van der Waals surface area (Å²) in [6.07, 6.45) is -2.59. The van der Waals surface area contributed by atoms with Gasteiger partial charge < -0.3 is 10.4 Å². The van der Waals surface area contributed by atoms with Crippen LogP contribution in [0.1, 0.15) is 25.8 Å². The summed E-state index contributed by atoms with van der Waals surface area (Å²) in [4.78, 5) is 3.80. The number of hydrogen-bond acceptors (Lipinski definition) is 4. The molecule has 0 bridgehead atoms. The molecule has 0 saturated carbocycles. The maximum atomic E-state index is 12.4. The zero-order chi connectivity index (χ0) is 15.2. The van der Waals surface area contributed by atoms with E-state index in [1.807, 2.05) is 13.8 Å². The number of thioether (sulfide) groups is 1. The van der Waals surface area contributed by atoms with Crippen LogP contribution in [-0.2, 0) is 6.18 Å². The van der Waals surface area contributed by atoms with Crippen molar-refractivity contribution in [3.63, 3.8) is 0 Å². The fraction of sp³-hybridized carbons (Fsp3) is 0.615. The Labute approximate surface area is 121 Å². The molecule has 1 aromatic heterocycles. The lowest BCUT2D eigenvalue weighted by atomic mass is 10.1. The molecular formula is C13H19F3N2OS. The van der Waals surface area contributed by atoms with Crippen LogP contribution in [-0.4, -0.2) is 34.5 Å². The first kappa shape index (κ1) is 17.3. The lowest BCUT2D eigenvalue weighted by molar-refractivity contribution is -0.137. The number of aromatic nitrogens is 1. The normalized spacial score (nSPS) is 15.1. The molecule has 1 aromatic rings. The molecule has 0 fully saturated rings. The Morgan fingerprint density at radius 2 is 2.05 bits per heavy atom. The number of pyridine rings is 1. The highest BCUT2D eigenvalue weighted by Crippen LogP contribution is 2.30. The van der Waals surface area contributed by atoms with E-state index in [4.69, 9.17) is 0 Å². The van der Waals surface area contributed by atoms with Gasteiger partial charge in [-0.25, -0.2) is 4.98 Å². The number of alkyl halides is 3. The van der Waals surface area contributed by atoms with Gasteiger partial charge in [0.25, 0.3) is 0 Å². The van der Waals surface area contributed by atoms with Crippen LogP contribution in [0.25, 0.3) is 0 Å². The molecule has 1 atom stereocenters. The first-order chi connectivity index (χ1) is 9.30. The highest BCUT2D eigenvalue weighted by molar-refractivity contribution is 7.99. The average molecular weight is 308 g/mol. The summed E-state index contributed by atoms with van der Waals surface area (Å²) in [6.45, 7) is 4.63. The maximum absolute atomic E-state index is 12.4. The molecular weight excluding hydrogens is 289 g/mol. The highest BCUT2D eigenvalue weighted by atomic mass is 32.2. The molecule has 7 heteroatoms. The van der Waals surface area contributed by atoms with Crippen molar-refractivity contribution in [3.05, 3.63) is 23.9 Å². The third-order valence-corrected chi connectivity index (χ3v) is 4.07. The maximum Gasteiger partial charge on any atom is 0.417 e. The molecule has 0 aliphatic rings. The van der Waals surface area contributed by atoms with E-state index in [0.29, 0.717) is 10.8 Å². The lowest BCUT2D eigenvalue weighted by Gasteiger charge is -2.28. The standard InChI is InChI=1S/C13H19F3N2OS/c1-3-6-18-12(2,8-19)9-20-11-5-4-10(7-17-11)13(14,15)16/h4-5,7,18-19H,3,6,8-9H2,1-2H3. The van der Waals surface area contributed by atoms with E-state index in [2.05, 4.69) is 10.3 Å². The van der Waals surface area contributed by atoms with Crippen molar-refractivity contribution in [2.45, 2.75) is 37.0 Å². The van der Waals surface area contributed by atoms with Crippen LogP contribution >= 0.6 is 11.8 Å². The second kappa shape index (κ2) is 7.28. The predicted octanol–water partition coefficient (Wildman–Crippen LogP) is 2.94. The summed E-state index contributed by atoms with van der Waals surface area (Å²) in [5.41, 5.74) is -1.22. The highest BCUT2D eigenvalue weighted by Gasteiger charge is 2.30. The average Bonchev–Trinajstić information content (AvgIpc) is 2.42. The Morgan fingerprint density at radius 3 is 2.50 bits per heavy atom. The molecule has 2 N–H and O–H groups in total. The second-order valence-electron chi connectivity index (χ2n) is 4.82. The van der Waals surface area contributed by atoms with Gasteiger partial charge in [-0.1, -0.05) is 6.92 Å². The third-order valence-electron chi connectivity index (χ3n) is 2.75. The van der Waals surface area contributed by atoms with E-state index in [1.54, 1.807) is 0 Å². The van der Waals surface area contributed by atoms with Gasteiger partial charge in [0.05, 0.1) is 17.2 Å². The minimum atomic E-state index is -4.36. The Bertz CT molecular complexity index is 411. The summed E-state index contributed by atoms with van der Waals surface area (Å²) in [7, 11) is 0. The number of nitrogens with one attached hydrogen (secondary N) is 1. The van der Waals surface area contributed by atoms with Gasteiger partial charge in [0.2, 0.25) is 0 Å². The van der Waals surface area contributed by atoms with Crippen molar-refractivity contribution < 1.29 is 18.3 Å². The van der Waals surface area contributed by atoms with Crippen LogP contribution in [0.5, 0.6) is 0 Å². The molecule has 1 heterocycles. The first-order valence-electron chi connectivity index (χ1n) is 6.32. The lowest BCUT2D eigenvalue weighted by Crippen LogP contribution is -2.48. The van der Waals surface area contributed by atoms with Crippen LogP contribution in [0, 0.1) is 0 Å². The summed E-state index contributed by atoms with van der Waals surface area (Å²) in [5, 5.41) is 13.1. The van der Waals surface area contributed by atoms with Gasteiger partial charge in [-0.15, -0.1) is 11.8 Å². The number of nitrogens with zero attached hydrogens (tertiary/aromatic N) is 1. The smallest absolute Gasteiger partial charge is 0.394 e. The van der Waals surface area contributed by atoms with Crippen molar-refractivity contribution in [1.82, 2.24) is 10.3 Å². The molecule has 0 aliphatic carbocycles. The van der Waals surface area contributed by atoms with Crippen LogP contribution < -0.4 is 5.32 Å². The number of aliphatic hydroxyl groups is 1. The topological polar surface area (TPSA) is 45.1 Å². The van der Waals surface area contributed by atoms with Crippen molar-refractivity contribution in [2.24, 2.45) is 0 Å². The fourth-order valence-corrected chi connectivity index (χ4v) is 2.40. The largest absolute Gasteiger partial charge is 0.417 e. The van der Waals surface area contributed by atoms with Crippen LogP contribution in [0.15, 0.2) is 23.4 Å². The molecule has 114 valence electrons. The summed E-state index contributed by atoms with van der Waals surface area (Å²) in [5.74, 6) is 0.530. The number of aliphatic hydroxyl groups excluding tert-OH is 1. The Hall–Kier alpha value is -0.790. The number of hydrogen-bond donors (Lipinski definition) is 2. The number of rotatable bonds is 7. The quantitative estimate of drug-likeness (QED) is 0.760. The minimum absolute atomic E-state index is 0.0410. The van der Waals surface area contributed by atoms with E-state index in [0.717, 1.165) is 25.2 Å². The van der Waals surface area contributed by atoms with Crippen molar-refractivity contribution in [3.8, 4) is 0 Å². The minimum Gasteiger partial charge on any atom is -0.394 e. The van der Waals surface area contributed by atoms with Gasteiger partial charge in [0.1, 0.15) is 0 Å². The Morgan fingerprint density at radius 1 is 1.35 bits per heavy atom. The summed E-state index contributed by atoms with van der Waals surface area (Å²) < 4.78 is 37.2. The van der Waals surface area contributed by atoms with Gasteiger partial charge in [-0.2, -0.15) is 13.2 Å². The van der Waals surface area contributed by atoms with E-state index in [1.165, 1.54) is 17.8 Å². The molecule has 20 heavy (non-hydrogen) atoms. The summed E-state index contributed by atoms with van der Waals surface area (Å²) >= 11 is 1.32. The fourth-order valence-electron chi connectivity index (χ4n) is 1.45. The van der Waals surface area contributed by atoms with E-state index < -0.39 is 17.3 Å². The van der Waals surface area contributed by atoms with Crippen molar-refractivity contribution >= 4 is 11.8 Å². The predicted molar refractivity (Wildman–Crippen MR) is 73.7 cm³/mol.